The summed E-state index contributed by atoms with van der Waals surface area (Å²) >= 11 is 0. The van der Waals surface area contributed by atoms with Gasteiger partial charge >= 0.3 is 0 Å². The molecule has 0 N–H and O–H groups in total. The van der Waals surface area contributed by atoms with Crippen molar-refractivity contribution in [3.8, 4) is 0 Å². The first-order valence-electron chi connectivity index (χ1n) is 4.67. The van der Waals surface area contributed by atoms with Crippen LogP contribution in [-0.2, 0) is 0 Å². The van der Waals surface area contributed by atoms with E-state index in [1.54, 1.807) is 0 Å². The molecule has 1 aliphatic carbocycles. The van der Waals surface area contributed by atoms with Gasteiger partial charge in [0.2, 0.25) is 0 Å². The molecule has 2 atom stereocenters. The van der Waals surface area contributed by atoms with Crippen molar-refractivity contribution in [2.75, 3.05) is 0 Å². The lowest BCUT2D eigenvalue weighted by Crippen LogP contribution is -2.23. The summed E-state index contributed by atoms with van der Waals surface area (Å²) in [5.41, 5.74) is 0.499. The van der Waals surface area contributed by atoms with Gasteiger partial charge in [-0.2, -0.15) is 0 Å². The second kappa shape index (κ2) is 3.00. The Bertz CT molecular complexity index is 148. The maximum absolute atomic E-state index is 2.35. The Hall–Kier alpha value is -0.260. The second-order valence-corrected chi connectivity index (χ2v) is 4.94. The largest absolute Gasteiger partial charge is 0.0880 e. The van der Waals surface area contributed by atoms with Gasteiger partial charge in [-0.1, -0.05) is 39.8 Å². The fourth-order valence-corrected chi connectivity index (χ4v) is 1.81. The predicted molar refractivity (Wildman–Crippen MR) is 50.5 cm³/mol. The third kappa shape index (κ3) is 2.36. The van der Waals surface area contributed by atoms with Gasteiger partial charge in [0.15, 0.2) is 0 Å². The first-order chi connectivity index (χ1) is 5.00. The molecule has 0 aliphatic heterocycles. The summed E-state index contributed by atoms with van der Waals surface area (Å²) < 4.78 is 0. The summed E-state index contributed by atoms with van der Waals surface area (Å²) in [6, 6.07) is 0. The standard InChI is InChI=1S/C11H20/c1-9-6-5-7-10(8-9)11(2,3)4/h5-6,9-10H,7-8H2,1-4H3/t9?,10-/m1/s1. The molecule has 0 fully saturated rings. The van der Waals surface area contributed by atoms with Crippen molar-refractivity contribution in [1.29, 1.82) is 0 Å². The van der Waals surface area contributed by atoms with Crippen LogP contribution in [0, 0.1) is 17.3 Å². The normalized spacial score (nSPS) is 32.4. The van der Waals surface area contributed by atoms with E-state index in [1.165, 1.54) is 12.8 Å². The number of allylic oxidation sites excluding steroid dienone is 2. The van der Waals surface area contributed by atoms with Crippen molar-refractivity contribution in [3.05, 3.63) is 12.2 Å². The molecular weight excluding hydrogens is 132 g/mol. The van der Waals surface area contributed by atoms with Crippen LogP contribution in [0.1, 0.15) is 40.5 Å². The van der Waals surface area contributed by atoms with Gasteiger partial charge in [-0.3, -0.25) is 0 Å². The second-order valence-electron chi connectivity index (χ2n) is 4.94. The Morgan fingerprint density at radius 2 is 1.91 bits per heavy atom. The zero-order valence-corrected chi connectivity index (χ0v) is 8.22. The van der Waals surface area contributed by atoms with E-state index in [1.807, 2.05) is 0 Å². The van der Waals surface area contributed by atoms with E-state index in [2.05, 4.69) is 39.8 Å². The third-order valence-corrected chi connectivity index (χ3v) is 2.77. The maximum Gasteiger partial charge on any atom is -0.0259 e. The molecule has 1 unspecified atom stereocenters. The van der Waals surface area contributed by atoms with E-state index in [0.717, 1.165) is 11.8 Å². The maximum atomic E-state index is 2.35. The van der Waals surface area contributed by atoms with E-state index in [4.69, 9.17) is 0 Å². The van der Waals surface area contributed by atoms with Crippen molar-refractivity contribution < 1.29 is 0 Å². The van der Waals surface area contributed by atoms with Gasteiger partial charge < -0.3 is 0 Å². The minimum absolute atomic E-state index is 0.499. The van der Waals surface area contributed by atoms with Crippen molar-refractivity contribution in [1.82, 2.24) is 0 Å². The highest BCUT2D eigenvalue weighted by Crippen LogP contribution is 2.36. The van der Waals surface area contributed by atoms with Crippen LogP contribution in [0.2, 0.25) is 0 Å². The highest BCUT2D eigenvalue weighted by molar-refractivity contribution is 4.97. The Labute approximate surface area is 70.7 Å². The zero-order chi connectivity index (χ0) is 8.48. The molecule has 0 spiro atoms. The van der Waals surface area contributed by atoms with Crippen LogP contribution in [-0.4, -0.2) is 0 Å². The summed E-state index contributed by atoms with van der Waals surface area (Å²) in [5.74, 6) is 1.69. The third-order valence-electron chi connectivity index (χ3n) is 2.77. The monoisotopic (exact) mass is 152 g/mol. The minimum Gasteiger partial charge on any atom is -0.0880 e. The lowest BCUT2D eigenvalue weighted by atomic mass is 9.72. The number of hydrogen-bond acceptors (Lipinski definition) is 0. The molecule has 0 radical (unpaired) electrons. The van der Waals surface area contributed by atoms with Gasteiger partial charge in [0, 0.05) is 0 Å². The van der Waals surface area contributed by atoms with Crippen LogP contribution in [0.15, 0.2) is 12.2 Å². The molecule has 0 nitrogen and oxygen atoms in total. The highest BCUT2D eigenvalue weighted by atomic mass is 14.3. The molecular formula is C11H20. The van der Waals surface area contributed by atoms with E-state index < -0.39 is 0 Å². The predicted octanol–water partition coefficient (Wildman–Crippen LogP) is 3.63. The van der Waals surface area contributed by atoms with E-state index >= 15 is 0 Å². The summed E-state index contributed by atoms with van der Waals surface area (Å²) in [5, 5.41) is 0. The fraction of sp³-hybridized carbons (Fsp3) is 0.818. The Kier molecular flexibility index (Phi) is 2.41. The van der Waals surface area contributed by atoms with E-state index in [0.29, 0.717) is 5.41 Å². The Morgan fingerprint density at radius 3 is 2.27 bits per heavy atom. The van der Waals surface area contributed by atoms with Gasteiger partial charge in [-0.05, 0) is 30.1 Å². The molecule has 1 rings (SSSR count). The smallest absolute Gasteiger partial charge is 0.0259 e. The van der Waals surface area contributed by atoms with Crippen molar-refractivity contribution in [2.45, 2.75) is 40.5 Å². The average molecular weight is 152 g/mol. The average Bonchev–Trinajstić information content (AvgIpc) is 1.86. The summed E-state index contributed by atoms with van der Waals surface area (Å²) in [6.07, 6.45) is 7.36. The lowest BCUT2D eigenvalue weighted by molar-refractivity contribution is 0.204. The molecule has 0 amide bonds. The first-order valence-corrected chi connectivity index (χ1v) is 4.67. The molecule has 0 bridgehead atoms. The van der Waals surface area contributed by atoms with Crippen LogP contribution in [0.3, 0.4) is 0 Å². The lowest BCUT2D eigenvalue weighted by Gasteiger charge is -2.33. The van der Waals surface area contributed by atoms with Gasteiger partial charge in [0.05, 0.1) is 0 Å². The molecule has 0 aromatic carbocycles. The quantitative estimate of drug-likeness (QED) is 0.465. The van der Waals surface area contributed by atoms with Crippen LogP contribution in [0.25, 0.3) is 0 Å². The van der Waals surface area contributed by atoms with Crippen LogP contribution >= 0.6 is 0 Å². The van der Waals surface area contributed by atoms with E-state index in [9.17, 15) is 0 Å². The first kappa shape index (κ1) is 8.83. The molecule has 0 aromatic rings. The molecule has 1 aliphatic rings. The summed E-state index contributed by atoms with van der Waals surface area (Å²) in [6.45, 7) is 9.37. The van der Waals surface area contributed by atoms with Crippen molar-refractivity contribution in [2.24, 2.45) is 17.3 Å². The molecule has 0 heteroatoms. The summed E-state index contributed by atoms with van der Waals surface area (Å²) in [4.78, 5) is 0. The van der Waals surface area contributed by atoms with Crippen LogP contribution in [0.4, 0.5) is 0 Å². The van der Waals surface area contributed by atoms with Gasteiger partial charge in [0.25, 0.3) is 0 Å². The number of hydrogen-bond donors (Lipinski definition) is 0. The SMILES string of the molecule is CC1C=CC[C@@H](C(C)(C)C)C1. The molecule has 11 heavy (non-hydrogen) atoms. The zero-order valence-electron chi connectivity index (χ0n) is 8.22. The minimum atomic E-state index is 0.499. The highest BCUT2D eigenvalue weighted by Gasteiger charge is 2.26. The van der Waals surface area contributed by atoms with Crippen LogP contribution < -0.4 is 0 Å². The van der Waals surface area contributed by atoms with Gasteiger partial charge in [0.1, 0.15) is 0 Å². The molecule has 0 aromatic heterocycles. The number of rotatable bonds is 0. The summed E-state index contributed by atoms with van der Waals surface area (Å²) in [7, 11) is 0. The molecule has 0 heterocycles. The molecule has 0 saturated heterocycles. The molecule has 64 valence electrons. The Balaban J connectivity index is 2.57. The van der Waals surface area contributed by atoms with Crippen molar-refractivity contribution in [3.63, 3.8) is 0 Å². The van der Waals surface area contributed by atoms with Crippen LogP contribution in [0.5, 0.6) is 0 Å². The van der Waals surface area contributed by atoms with Gasteiger partial charge in [-0.25, -0.2) is 0 Å². The molecule has 0 saturated carbocycles. The van der Waals surface area contributed by atoms with Crippen molar-refractivity contribution >= 4 is 0 Å². The van der Waals surface area contributed by atoms with E-state index in [-0.39, 0.29) is 0 Å². The topological polar surface area (TPSA) is 0 Å². The van der Waals surface area contributed by atoms with Gasteiger partial charge in [-0.15, -0.1) is 0 Å². The fourth-order valence-electron chi connectivity index (χ4n) is 1.81. The Morgan fingerprint density at radius 1 is 1.27 bits per heavy atom.